The van der Waals surface area contributed by atoms with Gasteiger partial charge in [-0.2, -0.15) is 0 Å². The minimum Gasteiger partial charge on any atom is -0.479 e. The van der Waals surface area contributed by atoms with Crippen molar-refractivity contribution in [1.82, 2.24) is 5.32 Å². The molecule has 0 spiro atoms. The van der Waals surface area contributed by atoms with Crippen molar-refractivity contribution in [2.75, 3.05) is 6.54 Å². The highest BCUT2D eigenvalue weighted by Gasteiger charge is 2.18. The number of carboxylic acids is 1. The van der Waals surface area contributed by atoms with Gasteiger partial charge in [0.2, 0.25) is 0 Å². The van der Waals surface area contributed by atoms with Crippen molar-refractivity contribution in [2.24, 2.45) is 0 Å². The Bertz CT molecular complexity index is 417. The number of ether oxygens (including phenoxy) is 1. The van der Waals surface area contributed by atoms with Gasteiger partial charge in [-0.05, 0) is 43.5 Å². The summed E-state index contributed by atoms with van der Waals surface area (Å²) in [6.07, 6.45) is 2.67. The molecular weight excluding hydrogens is 266 g/mol. The fraction of sp³-hybridized carbons (Fsp3) is 0.588. The Balaban J connectivity index is 2.69. The highest BCUT2D eigenvalue weighted by Crippen LogP contribution is 2.21. The summed E-state index contributed by atoms with van der Waals surface area (Å²) in [6, 6.07) is 8.08. The summed E-state index contributed by atoms with van der Waals surface area (Å²) in [5.41, 5.74) is 1.21. The zero-order valence-corrected chi connectivity index (χ0v) is 13.3. The van der Waals surface area contributed by atoms with Crippen LogP contribution in [0.1, 0.15) is 58.1 Å². The molecule has 0 bridgehead atoms. The van der Waals surface area contributed by atoms with Crippen molar-refractivity contribution >= 4 is 5.97 Å². The van der Waals surface area contributed by atoms with Crippen LogP contribution in [0.2, 0.25) is 0 Å². The Labute approximate surface area is 127 Å². The smallest absolute Gasteiger partial charge is 0.344 e. The van der Waals surface area contributed by atoms with Gasteiger partial charge < -0.3 is 15.2 Å². The van der Waals surface area contributed by atoms with E-state index >= 15 is 0 Å². The molecular formula is C17H27NO3. The van der Waals surface area contributed by atoms with Crippen molar-refractivity contribution in [3.05, 3.63) is 29.8 Å². The van der Waals surface area contributed by atoms with Gasteiger partial charge >= 0.3 is 5.97 Å². The van der Waals surface area contributed by atoms with E-state index in [1.54, 1.807) is 0 Å². The Morgan fingerprint density at radius 2 is 1.86 bits per heavy atom. The molecule has 1 aromatic carbocycles. The number of aliphatic carboxylic acids is 1. The third-order valence-corrected chi connectivity index (χ3v) is 3.44. The maximum Gasteiger partial charge on any atom is 0.344 e. The van der Waals surface area contributed by atoms with Gasteiger partial charge in [-0.15, -0.1) is 0 Å². The number of hydrogen-bond acceptors (Lipinski definition) is 3. The van der Waals surface area contributed by atoms with Crippen LogP contribution in [0.5, 0.6) is 5.75 Å². The highest BCUT2D eigenvalue weighted by atomic mass is 16.5. The van der Waals surface area contributed by atoms with E-state index in [2.05, 4.69) is 19.2 Å². The molecule has 0 fully saturated rings. The minimum absolute atomic E-state index is 0.338. The molecule has 2 atom stereocenters. The first-order valence-electron chi connectivity index (χ1n) is 7.85. The van der Waals surface area contributed by atoms with Gasteiger partial charge in [0.25, 0.3) is 0 Å². The lowest BCUT2D eigenvalue weighted by Crippen LogP contribution is -2.26. The van der Waals surface area contributed by atoms with Crippen LogP contribution in [0.25, 0.3) is 0 Å². The highest BCUT2D eigenvalue weighted by molar-refractivity contribution is 5.72. The van der Waals surface area contributed by atoms with Crippen molar-refractivity contribution in [3.8, 4) is 5.75 Å². The molecule has 0 amide bonds. The molecule has 4 heteroatoms. The molecule has 4 nitrogen and oxygen atoms in total. The Hall–Kier alpha value is -1.55. The van der Waals surface area contributed by atoms with Crippen LogP contribution in [-0.4, -0.2) is 23.7 Å². The second-order valence-electron chi connectivity index (χ2n) is 5.22. The fourth-order valence-electron chi connectivity index (χ4n) is 2.25. The Kier molecular flexibility index (Phi) is 7.83. The van der Waals surface area contributed by atoms with Crippen LogP contribution in [0.4, 0.5) is 0 Å². The quantitative estimate of drug-likeness (QED) is 0.689. The number of nitrogens with one attached hydrogen (secondary N) is 1. The largest absolute Gasteiger partial charge is 0.479 e. The topological polar surface area (TPSA) is 58.6 Å². The van der Waals surface area contributed by atoms with E-state index in [-0.39, 0.29) is 0 Å². The molecule has 2 N–H and O–H groups in total. The summed E-state index contributed by atoms with van der Waals surface area (Å²) in [4.78, 5) is 11.1. The maximum absolute atomic E-state index is 11.1. The minimum atomic E-state index is -0.906. The molecule has 21 heavy (non-hydrogen) atoms. The fourth-order valence-corrected chi connectivity index (χ4v) is 2.25. The van der Waals surface area contributed by atoms with E-state index in [1.165, 1.54) is 5.56 Å². The predicted octanol–water partition coefficient (Wildman–Crippen LogP) is 3.77. The van der Waals surface area contributed by atoms with Crippen LogP contribution in [0.15, 0.2) is 24.3 Å². The molecule has 0 saturated heterocycles. The molecule has 0 heterocycles. The molecule has 118 valence electrons. The number of carboxylic acid groups (broad SMARTS) is 1. The summed E-state index contributed by atoms with van der Waals surface area (Å²) in [6.45, 7) is 7.25. The van der Waals surface area contributed by atoms with Crippen LogP contribution in [0, 0.1) is 0 Å². The van der Waals surface area contributed by atoms with Crippen molar-refractivity contribution in [2.45, 2.75) is 58.6 Å². The van der Waals surface area contributed by atoms with Crippen LogP contribution < -0.4 is 10.1 Å². The zero-order valence-electron chi connectivity index (χ0n) is 13.3. The molecule has 0 aliphatic rings. The molecule has 0 aliphatic heterocycles. The number of benzene rings is 1. The molecule has 1 aromatic rings. The van der Waals surface area contributed by atoms with Gasteiger partial charge in [0.1, 0.15) is 5.75 Å². The third-order valence-electron chi connectivity index (χ3n) is 3.44. The number of hydrogen-bond donors (Lipinski definition) is 2. The van der Waals surface area contributed by atoms with Gasteiger partial charge in [0, 0.05) is 6.04 Å². The lowest BCUT2D eigenvalue weighted by Gasteiger charge is -2.18. The lowest BCUT2D eigenvalue weighted by molar-refractivity contribution is -0.145. The number of carbonyl (C=O) groups is 1. The normalized spacial score (nSPS) is 13.7. The molecule has 2 unspecified atom stereocenters. The van der Waals surface area contributed by atoms with Crippen molar-refractivity contribution in [1.29, 1.82) is 0 Å². The Morgan fingerprint density at radius 3 is 2.33 bits per heavy atom. The van der Waals surface area contributed by atoms with E-state index in [0.717, 1.165) is 25.8 Å². The van der Waals surface area contributed by atoms with Gasteiger partial charge in [0.15, 0.2) is 6.10 Å². The zero-order chi connectivity index (χ0) is 15.7. The van der Waals surface area contributed by atoms with E-state index in [9.17, 15) is 4.79 Å². The monoisotopic (exact) mass is 293 g/mol. The van der Waals surface area contributed by atoms with E-state index in [1.807, 2.05) is 31.2 Å². The van der Waals surface area contributed by atoms with Crippen molar-refractivity contribution in [3.63, 3.8) is 0 Å². The predicted molar refractivity (Wildman–Crippen MR) is 84.7 cm³/mol. The summed E-state index contributed by atoms with van der Waals surface area (Å²) in [5.74, 6) is -0.290. The van der Waals surface area contributed by atoms with Crippen molar-refractivity contribution < 1.29 is 14.6 Å². The second-order valence-corrected chi connectivity index (χ2v) is 5.22. The molecule has 1 rings (SSSR count). The van der Waals surface area contributed by atoms with Gasteiger partial charge in [-0.1, -0.05) is 39.3 Å². The van der Waals surface area contributed by atoms with E-state index in [4.69, 9.17) is 9.84 Å². The van der Waals surface area contributed by atoms with E-state index < -0.39 is 12.1 Å². The standard InChI is InChI=1S/C17H27NO3/c1-4-7-16(17(19)20)21-14-10-8-13(9-11-14)15(6-3)18-12-5-2/h8-11,15-16,18H,4-7,12H2,1-3H3,(H,19,20). The second kappa shape index (κ2) is 9.40. The van der Waals surface area contributed by atoms with Gasteiger partial charge in [-0.3, -0.25) is 0 Å². The summed E-state index contributed by atoms with van der Waals surface area (Å²) < 4.78 is 5.55. The summed E-state index contributed by atoms with van der Waals surface area (Å²) in [5, 5.41) is 12.6. The maximum atomic E-state index is 11.1. The van der Waals surface area contributed by atoms with E-state index in [0.29, 0.717) is 18.2 Å². The lowest BCUT2D eigenvalue weighted by atomic mass is 10.0. The Morgan fingerprint density at radius 1 is 1.19 bits per heavy atom. The SMILES string of the molecule is CCCNC(CC)c1ccc(OC(CCC)C(=O)O)cc1. The molecule has 0 aromatic heterocycles. The van der Waals surface area contributed by atoms with Crippen LogP contribution in [-0.2, 0) is 4.79 Å². The van der Waals surface area contributed by atoms with Crippen LogP contribution in [0.3, 0.4) is 0 Å². The first-order chi connectivity index (χ1) is 10.1. The number of rotatable bonds is 10. The average Bonchev–Trinajstić information content (AvgIpc) is 2.49. The molecule has 0 radical (unpaired) electrons. The first kappa shape index (κ1) is 17.5. The third kappa shape index (κ3) is 5.76. The molecule has 0 aliphatic carbocycles. The first-order valence-corrected chi connectivity index (χ1v) is 7.85. The molecule has 0 saturated carbocycles. The van der Waals surface area contributed by atoms with Crippen LogP contribution >= 0.6 is 0 Å². The average molecular weight is 293 g/mol. The van der Waals surface area contributed by atoms with Gasteiger partial charge in [-0.25, -0.2) is 4.79 Å². The summed E-state index contributed by atoms with van der Waals surface area (Å²) in [7, 11) is 0. The summed E-state index contributed by atoms with van der Waals surface area (Å²) >= 11 is 0. The van der Waals surface area contributed by atoms with Gasteiger partial charge in [0.05, 0.1) is 0 Å².